The smallest absolute Gasteiger partial charge is 0.160 e. The van der Waals surface area contributed by atoms with E-state index in [-0.39, 0.29) is 0 Å². The van der Waals surface area contributed by atoms with E-state index in [2.05, 4.69) is 103 Å². The van der Waals surface area contributed by atoms with Crippen molar-refractivity contribution in [2.75, 3.05) is 0 Å². The minimum atomic E-state index is 0.680. The van der Waals surface area contributed by atoms with E-state index in [1.54, 1.807) is 11.3 Å². The van der Waals surface area contributed by atoms with Crippen molar-refractivity contribution in [1.29, 1.82) is 0 Å². The highest BCUT2D eigenvalue weighted by molar-refractivity contribution is 7.26. The number of rotatable bonds is 3. The van der Waals surface area contributed by atoms with Crippen LogP contribution in [0.3, 0.4) is 0 Å². The molecule has 6 aromatic carbocycles. The zero-order valence-electron chi connectivity index (χ0n) is 23.8. The highest BCUT2D eigenvalue weighted by Crippen LogP contribution is 2.41. The first-order valence-corrected chi connectivity index (χ1v) is 15.7. The van der Waals surface area contributed by atoms with Gasteiger partial charge >= 0.3 is 0 Å². The molecule has 0 spiro atoms. The van der Waals surface area contributed by atoms with Crippen molar-refractivity contribution in [2.45, 2.75) is 0 Å². The van der Waals surface area contributed by atoms with Gasteiger partial charge in [-0.25, -0.2) is 9.97 Å². The lowest BCUT2D eigenvalue weighted by Gasteiger charge is -2.09. The Morgan fingerprint density at radius 1 is 0.467 bits per heavy atom. The van der Waals surface area contributed by atoms with E-state index in [4.69, 9.17) is 18.8 Å². The molecule has 0 saturated heterocycles. The quantitative estimate of drug-likeness (QED) is 0.204. The topological polar surface area (TPSA) is 52.1 Å². The van der Waals surface area contributed by atoms with Crippen LogP contribution in [-0.4, -0.2) is 9.97 Å². The van der Waals surface area contributed by atoms with Crippen LogP contribution in [0.15, 0.2) is 142 Å². The van der Waals surface area contributed by atoms with E-state index in [1.165, 1.54) is 4.70 Å². The Morgan fingerprint density at radius 2 is 1.11 bits per heavy atom. The molecule has 5 heteroatoms. The molecule has 0 N–H and O–H groups in total. The highest BCUT2D eigenvalue weighted by Gasteiger charge is 2.18. The van der Waals surface area contributed by atoms with Crippen molar-refractivity contribution in [1.82, 2.24) is 9.97 Å². The molecule has 0 aliphatic rings. The van der Waals surface area contributed by atoms with Gasteiger partial charge in [-0.15, -0.1) is 11.3 Å². The Morgan fingerprint density at radius 3 is 1.96 bits per heavy atom. The fraction of sp³-hybridized carbons (Fsp3) is 0. The largest absolute Gasteiger partial charge is 0.456 e. The van der Waals surface area contributed by atoms with Gasteiger partial charge in [-0.3, -0.25) is 0 Å². The van der Waals surface area contributed by atoms with Gasteiger partial charge in [0.15, 0.2) is 5.82 Å². The van der Waals surface area contributed by atoms with Crippen molar-refractivity contribution < 1.29 is 8.83 Å². The third kappa shape index (κ3) is 3.71. The lowest BCUT2D eigenvalue weighted by Crippen LogP contribution is -1.93. The first-order chi connectivity index (χ1) is 22.3. The van der Waals surface area contributed by atoms with Crippen molar-refractivity contribution in [3.8, 4) is 33.8 Å². The van der Waals surface area contributed by atoms with Gasteiger partial charge in [-0.1, -0.05) is 103 Å². The molecule has 4 aromatic heterocycles. The summed E-state index contributed by atoms with van der Waals surface area (Å²) in [7, 11) is 0. The first-order valence-electron chi connectivity index (χ1n) is 14.9. The van der Waals surface area contributed by atoms with E-state index in [9.17, 15) is 0 Å². The average Bonchev–Trinajstić information content (AvgIpc) is 3.79. The molecule has 210 valence electrons. The average molecular weight is 595 g/mol. The van der Waals surface area contributed by atoms with Crippen LogP contribution in [0, 0.1) is 0 Å². The second-order valence-electron chi connectivity index (χ2n) is 11.3. The molecule has 45 heavy (non-hydrogen) atoms. The van der Waals surface area contributed by atoms with Gasteiger partial charge in [0.2, 0.25) is 0 Å². The number of hydrogen-bond donors (Lipinski definition) is 0. The minimum Gasteiger partial charge on any atom is -0.456 e. The zero-order valence-corrected chi connectivity index (χ0v) is 24.6. The molecule has 0 aliphatic carbocycles. The molecule has 0 radical (unpaired) electrons. The molecule has 0 atom stereocenters. The molecule has 4 nitrogen and oxygen atoms in total. The Bertz CT molecular complexity index is 2770. The molecule has 10 rings (SSSR count). The number of benzene rings is 6. The number of nitrogens with zero attached hydrogens (tertiary/aromatic N) is 2. The maximum absolute atomic E-state index is 6.33. The summed E-state index contributed by atoms with van der Waals surface area (Å²) in [6, 6.07) is 46.1. The predicted molar refractivity (Wildman–Crippen MR) is 186 cm³/mol. The normalized spacial score (nSPS) is 12.0. The molecule has 0 amide bonds. The Hall–Kier alpha value is -5.78. The summed E-state index contributed by atoms with van der Waals surface area (Å²) >= 11 is 1.74. The van der Waals surface area contributed by atoms with Crippen LogP contribution >= 0.6 is 11.3 Å². The SMILES string of the molecule is c1ccc2c(c1)oc1cc(-c3nc(-c4ccc(-c5cccc6c5oc5ccccc56)cc4)c4sc5ccccc5c4n3)ccc12. The van der Waals surface area contributed by atoms with E-state index < -0.39 is 0 Å². The molecule has 4 heterocycles. The van der Waals surface area contributed by atoms with Gasteiger partial charge in [-0.05, 0) is 35.9 Å². The summed E-state index contributed by atoms with van der Waals surface area (Å²) in [5.74, 6) is 0.680. The number of furan rings is 2. The second kappa shape index (κ2) is 9.36. The van der Waals surface area contributed by atoms with Crippen LogP contribution in [0.25, 0.3) is 98.0 Å². The van der Waals surface area contributed by atoms with Crippen LogP contribution in [0.1, 0.15) is 0 Å². The second-order valence-corrected chi connectivity index (χ2v) is 12.4. The van der Waals surface area contributed by atoms with E-state index in [1.807, 2.05) is 30.3 Å². The summed E-state index contributed by atoms with van der Waals surface area (Å²) in [6.07, 6.45) is 0. The van der Waals surface area contributed by atoms with Crippen LogP contribution < -0.4 is 0 Å². The molecular weight excluding hydrogens is 573 g/mol. The zero-order chi connectivity index (χ0) is 29.5. The fourth-order valence-electron chi connectivity index (χ4n) is 6.56. The number of para-hydroxylation sites is 3. The number of thiophene rings is 1. The van der Waals surface area contributed by atoms with Crippen LogP contribution in [0.4, 0.5) is 0 Å². The first kappa shape index (κ1) is 24.6. The maximum Gasteiger partial charge on any atom is 0.160 e. The summed E-state index contributed by atoms with van der Waals surface area (Å²) < 4.78 is 14.8. The van der Waals surface area contributed by atoms with Crippen molar-refractivity contribution in [2.24, 2.45) is 0 Å². The fourth-order valence-corrected chi connectivity index (χ4v) is 7.72. The van der Waals surface area contributed by atoms with E-state index in [0.29, 0.717) is 5.82 Å². The third-order valence-corrected chi connectivity index (χ3v) is 9.90. The van der Waals surface area contributed by atoms with Crippen LogP contribution in [0.2, 0.25) is 0 Å². The van der Waals surface area contributed by atoms with Gasteiger partial charge in [0.05, 0.1) is 15.9 Å². The molecular formula is C40H22N2O2S. The maximum atomic E-state index is 6.33. The minimum absolute atomic E-state index is 0.680. The summed E-state index contributed by atoms with van der Waals surface area (Å²) in [5, 5.41) is 5.60. The standard InChI is InChI=1S/C40H22N2O2S/c1-4-13-32-27(8-1)29-21-20-25(22-34(29)43-32)40-41-36(39-37(42-40)31-10-3-6-15-35(31)45-39)24-18-16-23(17-19-24)26-11-7-12-30-28-9-2-5-14-33(28)44-38(26)30/h1-22H. The Labute approximate surface area is 260 Å². The monoisotopic (exact) mass is 594 g/mol. The van der Waals surface area contributed by atoms with Crippen LogP contribution in [-0.2, 0) is 0 Å². The molecule has 10 aromatic rings. The number of fused-ring (bicyclic) bond motifs is 9. The van der Waals surface area contributed by atoms with Gasteiger partial charge in [-0.2, -0.15) is 0 Å². The Kier molecular flexibility index (Phi) is 5.12. The number of hydrogen-bond acceptors (Lipinski definition) is 5. The predicted octanol–water partition coefficient (Wildman–Crippen LogP) is 11.6. The molecule has 0 bridgehead atoms. The third-order valence-electron chi connectivity index (χ3n) is 8.73. The summed E-state index contributed by atoms with van der Waals surface area (Å²) in [4.78, 5) is 10.4. The highest BCUT2D eigenvalue weighted by atomic mass is 32.1. The van der Waals surface area contributed by atoms with Gasteiger partial charge < -0.3 is 8.83 Å². The van der Waals surface area contributed by atoms with Crippen LogP contribution in [0.5, 0.6) is 0 Å². The summed E-state index contributed by atoms with van der Waals surface area (Å²) in [5.41, 5.74) is 9.55. The van der Waals surface area contributed by atoms with E-state index in [0.717, 1.165) is 87.4 Å². The lowest BCUT2D eigenvalue weighted by atomic mass is 10.00. The van der Waals surface area contributed by atoms with Crippen molar-refractivity contribution in [3.63, 3.8) is 0 Å². The molecule has 0 aliphatic heterocycles. The molecule has 0 fully saturated rings. The lowest BCUT2D eigenvalue weighted by molar-refractivity contribution is 0.669. The van der Waals surface area contributed by atoms with Crippen molar-refractivity contribution in [3.05, 3.63) is 133 Å². The van der Waals surface area contributed by atoms with Gasteiger partial charge in [0.1, 0.15) is 22.3 Å². The number of aromatic nitrogens is 2. The van der Waals surface area contributed by atoms with Gasteiger partial charge in [0.25, 0.3) is 0 Å². The molecule has 0 saturated carbocycles. The Balaban J connectivity index is 1.15. The van der Waals surface area contributed by atoms with Gasteiger partial charge in [0, 0.05) is 48.3 Å². The summed E-state index contributed by atoms with van der Waals surface area (Å²) in [6.45, 7) is 0. The molecule has 0 unspecified atom stereocenters. The van der Waals surface area contributed by atoms with Crippen molar-refractivity contribution >= 4 is 75.5 Å². The van der Waals surface area contributed by atoms with E-state index >= 15 is 0 Å².